The van der Waals surface area contributed by atoms with Crippen LogP contribution in [0, 0.1) is 0 Å². The van der Waals surface area contributed by atoms with E-state index in [-0.39, 0.29) is 19.3 Å². The van der Waals surface area contributed by atoms with Crippen LogP contribution in [0.15, 0.2) is 12.2 Å². The second kappa shape index (κ2) is 11.4. The van der Waals surface area contributed by atoms with Gasteiger partial charge in [0, 0.05) is 38.3 Å². The van der Waals surface area contributed by atoms with Crippen molar-refractivity contribution in [1.82, 2.24) is 0 Å². The van der Waals surface area contributed by atoms with Gasteiger partial charge in [0.25, 0.3) is 5.79 Å². The SMILES string of the molecule is CCC(=O)O[C@@H]1[C@@H](OC(=O)CC)[C@@H](OC(=O)CC)[C@](C)(OC(=O)/C=C/C(=O)O)O[C@H]1C. The first-order valence-electron chi connectivity index (χ1n) is 9.87. The lowest BCUT2D eigenvalue weighted by atomic mass is 9.92. The van der Waals surface area contributed by atoms with Gasteiger partial charge in [0.05, 0.1) is 0 Å². The van der Waals surface area contributed by atoms with Gasteiger partial charge in [-0.2, -0.15) is 0 Å². The molecule has 0 radical (unpaired) electrons. The molecule has 11 heteroatoms. The molecule has 0 aromatic carbocycles. The van der Waals surface area contributed by atoms with Gasteiger partial charge in [0.15, 0.2) is 12.2 Å². The first kappa shape index (κ1) is 26.1. The zero-order chi connectivity index (χ0) is 23.8. The summed E-state index contributed by atoms with van der Waals surface area (Å²) in [5.41, 5.74) is 0. The zero-order valence-electron chi connectivity index (χ0n) is 18.1. The fourth-order valence-corrected chi connectivity index (χ4v) is 2.86. The monoisotopic (exact) mass is 444 g/mol. The number of carbonyl (C=O) groups is 5. The molecule has 1 aliphatic rings. The Morgan fingerprint density at radius 2 is 1.35 bits per heavy atom. The van der Waals surface area contributed by atoms with E-state index in [4.69, 9.17) is 28.8 Å². The Labute approximate surface area is 179 Å². The van der Waals surface area contributed by atoms with Crippen LogP contribution in [0.5, 0.6) is 0 Å². The molecule has 0 aromatic heterocycles. The highest BCUT2D eigenvalue weighted by Gasteiger charge is 2.59. The Kier molecular flexibility index (Phi) is 9.63. The summed E-state index contributed by atoms with van der Waals surface area (Å²) in [7, 11) is 0. The zero-order valence-corrected chi connectivity index (χ0v) is 18.1. The first-order chi connectivity index (χ1) is 14.5. The van der Waals surface area contributed by atoms with Crippen molar-refractivity contribution in [3.63, 3.8) is 0 Å². The van der Waals surface area contributed by atoms with Crippen molar-refractivity contribution < 1.29 is 52.8 Å². The molecule has 31 heavy (non-hydrogen) atoms. The van der Waals surface area contributed by atoms with Gasteiger partial charge in [-0.3, -0.25) is 14.4 Å². The van der Waals surface area contributed by atoms with Crippen molar-refractivity contribution in [1.29, 1.82) is 0 Å². The van der Waals surface area contributed by atoms with Crippen LogP contribution < -0.4 is 0 Å². The molecule has 174 valence electrons. The molecule has 0 spiro atoms. The summed E-state index contributed by atoms with van der Waals surface area (Å²) < 4.78 is 27.2. The van der Waals surface area contributed by atoms with Crippen molar-refractivity contribution in [2.24, 2.45) is 0 Å². The molecular weight excluding hydrogens is 416 g/mol. The smallest absolute Gasteiger partial charge is 0.333 e. The van der Waals surface area contributed by atoms with E-state index in [9.17, 15) is 24.0 Å². The third kappa shape index (κ3) is 7.35. The molecule has 0 amide bonds. The van der Waals surface area contributed by atoms with E-state index in [0.717, 1.165) is 0 Å². The molecule has 1 aliphatic heterocycles. The van der Waals surface area contributed by atoms with Crippen LogP contribution >= 0.6 is 0 Å². The number of hydrogen-bond donors (Lipinski definition) is 1. The Morgan fingerprint density at radius 1 is 0.871 bits per heavy atom. The minimum atomic E-state index is -1.97. The highest BCUT2D eigenvalue weighted by molar-refractivity contribution is 5.90. The Balaban J connectivity index is 3.39. The third-order valence-corrected chi connectivity index (χ3v) is 4.35. The maximum Gasteiger partial charge on any atom is 0.333 e. The van der Waals surface area contributed by atoms with Crippen LogP contribution in [0.1, 0.15) is 53.9 Å². The molecule has 1 N–H and O–H groups in total. The maximum atomic E-state index is 12.1. The first-order valence-corrected chi connectivity index (χ1v) is 9.87. The van der Waals surface area contributed by atoms with Crippen molar-refractivity contribution in [3.8, 4) is 0 Å². The molecule has 0 aromatic rings. The molecule has 1 rings (SSSR count). The third-order valence-electron chi connectivity index (χ3n) is 4.35. The van der Waals surface area contributed by atoms with E-state index in [1.165, 1.54) is 20.8 Å². The molecular formula is C20H28O11. The van der Waals surface area contributed by atoms with E-state index in [2.05, 4.69) is 0 Å². The van der Waals surface area contributed by atoms with E-state index in [0.29, 0.717) is 12.2 Å². The van der Waals surface area contributed by atoms with Gasteiger partial charge in [0.2, 0.25) is 6.10 Å². The van der Waals surface area contributed by atoms with Crippen LogP contribution in [-0.2, 0) is 47.7 Å². The average Bonchev–Trinajstić information content (AvgIpc) is 2.71. The van der Waals surface area contributed by atoms with Gasteiger partial charge in [-0.15, -0.1) is 0 Å². The summed E-state index contributed by atoms with van der Waals surface area (Å²) in [4.78, 5) is 58.9. The molecule has 0 saturated carbocycles. The van der Waals surface area contributed by atoms with Gasteiger partial charge in [-0.05, 0) is 6.92 Å². The van der Waals surface area contributed by atoms with Gasteiger partial charge < -0.3 is 28.8 Å². The molecule has 0 aliphatic carbocycles. The fraction of sp³-hybridized carbons (Fsp3) is 0.650. The number of hydrogen-bond acceptors (Lipinski definition) is 10. The van der Waals surface area contributed by atoms with E-state index < -0.39 is 60.0 Å². The van der Waals surface area contributed by atoms with Gasteiger partial charge >= 0.3 is 29.8 Å². The maximum absolute atomic E-state index is 12.1. The standard InChI is InChI=1S/C20H28O11/c1-6-13(23)27-17-11(4)30-20(5,31-16(26)10-9-12(21)22)19(29-15(25)8-3)18(17)28-14(24)7-2/h9-11,17-19H,6-8H2,1-5H3,(H,21,22)/b10-9+/t11-,17-,18+,19+,20-/m0/s1. The number of carbonyl (C=O) groups excluding carboxylic acids is 4. The van der Waals surface area contributed by atoms with Crippen molar-refractivity contribution in [2.45, 2.75) is 84.1 Å². The molecule has 0 unspecified atom stereocenters. The van der Waals surface area contributed by atoms with Crippen LogP contribution in [0.2, 0.25) is 0 Å². The second-order valence-corrected chi connectivity index (χ2v) is 6.81. The van der Waals surface area contributed by atoms with Crippen molar-refractivity contribution in [2.75, 3.05) is 0 Å². The molecule has 1 saturated heterocycles. The Bertz CT molecular complexity index is 729. The predicted octanol–water partition coefficient (Wildman–Crippen LogP) is 1.27. The van der Waals surface area contributed by atoms with Crippen molar-refractivity contribution >= 4 is 29.8 Å². The number of rotatable bonds is 9. The minimum absolute atomic E-state index is 0.0214. The minimum Gasteiger partial charge on any atom is -0.478 e. The number of esters is 4. The molecule has 5 atom stereocenters. The predicted molar refractivity (Wildman–Crippen MR) is 102 cm³/mol. The normalized spacial score (nSPS) is 27.9. The highest BCUT2D eigenvalue weighted by Crippen LogP contribution is 2.37. The summed E-state index contributed by atoms with van der Waals surface area (Å²) in [6, 6.07) is 0. The number of aliphatic carboxylic acids is 1. The number of carboxylic acids is 1. The summed E-state index contributed by atoms with van der Waals surface area (Å²) in [5, 5.41) is 8.69. The summed E-state index contributed by atoms with van der Waals surface area (Å²) in [6.07, 6.45) is -3.77. The molecule has 1 heterocycles. The van der Waals surface area contributed by atoms with Gasteiger partial charge in [0.1, 0.15) is 6.10 Å². The molecule has 11 nitrogen and oxygen atoms in total. The second-order valence-electron chi connectivity index (χ2n) is 6.81. The number of carboxylic acid groups (broad SMARTS) is 1. The summed E-state index contributed by atoms with van der Waals surface area (Å²) >= 11 is 0. The van der Waals surface area contributed by atoms with Gasteiger partial charge in [-0.1, -0.05) is 20.8 Å². The van der Waals surface area contributed by atoms with Gasteiger partial charge in [-0.25, -0.2) is 9.59 Å². The Hall–Kier alpha value is -2.95. The highest BCUT2D eigenvalue weighted by atomic mass is 16.8. The lowest BCUT2D eigenvalue weighted by Gasteiger charge is -2.48. The van der Waals surface area contributed by atoms with E-state index in [1.54, 1.807) is 13.8 Å². The van der Waals surface area contributed by atoms with Crippen LogP contribution in [0.25, 0.3) is 0 Å². The summed E-state index contributed by atoms with van der Waals surface area (Å²) in [6.45, 7) is 7.40. The topological polar surface area (TPSA) is 152 Å². The quantitative estimate of drug-likeness (QED) is 0.311. The molecule has 0 bridgehead atoms. The van der Waals surface area contributed by atoms with E-state index in [1.807, 2.05) is 0 Å². The van der Waals surface area contributed by atoms with Crippen LogP contribution in [-0.4, -0.2) is 65.2 Å². The fourth-order valence-electron chi connectivity index (χ4n) is 2.86. The largest absolute Gasteiger partial charge is 0.478 e. The Morgan fingerprint density at radius 3 is 1.84 bits per heavy atom. The average molecular weight is 444 g/mol. The van der Waals surface area contributed by atoms with Crippen molar-refractivity contribution in [3.05, 3.63) is 12.2 Å². The molecule has 1 fully saturated rings. The summed E-state index contributed by atoms with van der Waals surface area (Å²) in [5.74, 6) is -6.45. The van der Waals surface area contributed by atoms with Crippen LogP contribution in [0.3, 0.4) is 0 Å². The number of ether oxygens (including phenoxy) is 5. The van der Waals surface area contributed by atoms with E-state index >= 15 is 0 Å². The van der Waals surface area contributed by atoms with Crippen LogP contribution in [0.4, 0.5) is 0 Å². The lowest BCUT2D eigenvalue weighted by molar-refractivity contribution is -0.340. The lowest BCUT2D eigenvalue weighted by Crippen LogP contribution is -2.66.